The lowest BCUT2D eigenvalue weighted by atomic mass is 9.76. The van der Waals surface area contributed by atoms with Crippen molar-refractivity contribution in [1.29, 1.82) is 5.26 Å². The molecule has 1 N–H and O–H groups in total. The smallest absolute Gasteiger partial charge is 0.267 e. The first kappa shape index (κ1) is 24.2. The fourth-order valence-electron chi connectivity index (χ4n) is 5.79. The standard InChI is InChI=1S/C29H33N5O2/c1-21-8-2-3-9-24(21)32-27(35)23-18-22(25-10-5-7-15-34(25)28(23)36)19-33-16-12-29(20-30,13-17-33)26-11-4-6-14-31-26/h4-7,10-11,14-15,18,21,24H,2-3,8-9,12-13,16-17,19H2,1H3,(H,32,35)/t21-,24-/m0/s1. The Kier molecular flexibility index (Phi) is 6.88. The average Bonchev–Trinajstić information content (AvgIpc) is 2.92. The van der Waals surface area contributed by atoms with Crippen molar-refractivity contribution in [2.24, 2.45) is 5.92 Å². The molecule has 36 heavy (non-hydrogen) atoms. The maximum Gasteiger partial charge on any atom is 0.267 e. The molecule has 0 unspecified atom stereocenters. The van der Waals surface area contributed by atoms with Gasteiger partial charge in [0.05, 0.1) is 17.3 Å². The lowest BCUT2D eigenvalue weighted by molar-refractivity contribution is 0.0908. The summed E-state index contributed by atoms with van der Waals surface area (Å²) in [6.45, 7) is 4.26. The van der Waals surface area contributed by atoms with E-state index >= 15 is 0 Å². The van der Waals surface area contributed by atoms with E-state index in [4.69, 9.17) is 0 Å². The van der Waals surface area contributed by atoms with Crippen LogP contribution in [0.5, 0.6) is 0 Å². The summed E-state index contributed by atoms with van der Waals surface area (Å²) in [7, 11) is 0. The van der Waals surface area contributed by atoms with Gasteiger partial charge in [0.2, 0.25) is 0 Å². The number of rotatable bonds is 5. The van der Waals surface area contributed by atoms with Gasteiger partial charge in [-0.2, -0.15) is 5.26 Å². The van der Waals surface area contributed by atoms with Gasteiger partial charge in [0.15, 0.2) is 0 Å². The molecule has 2 aliphatic rings. The zero-order valence-corrected chi connectivity index (χ0v) is 20.8. The summed E-state index contributed by atoms with van der Waals surface area (Å²) >= 11 is 0. The third-order valence-corrected chi connectivity index (χ3v) is 8.10. The Balaban J connectivity index is 1.39. The summed E-state index contributed by atoms with van der Waals surface area (Å²) in [5.74, 6) is 0.133. The minimum absolute atomic E-state index is 0.110. The van der Waals surface area contributed by atoms with Crippen LogP contribution >= 0.6 is 0 Å². The molecule has 1 saturated heterocycles. The molecule has 5 rings (SSSR count). The van der Waals surface area contributed by atoms with Crippen LogP contribution in [0.15, 0.2) is 59.7 Å². The van der Waals surface area contributed by atoms with Crippen LogP contribution in [0.4, 0.5) is 0 Å². The lowest BCUT2D eigenvalue weighted by Crippen LogP contribution is -2.43. The topological polar surface area (TPSA) is 90.5 Å². The fourth-order valence-corrected chi connectivity index (χ4v) is 5.79. The number of nitrogens with zero attached hydrogens (tertiary/aromatic N) is 4. The zero-order valence-electron chi connectivity index (χ0n) is 20.8. The van der Waals surface area contributed by atoms with Crippen molar-refractivity contribution in [2.45, 2.75) is 63.5 Å². The summed E-state index contributed by atoms with van der Waals surface area (Å²) in [5.41, 5.74) is 1.93. The van der Waals surface area contributed by atoms with Gasteiger partial charge >= 0.3 is 0 Å². The largest absolute Gasteiger partial charge is 0.349 e. The summed E-state index contributed by atoms with van der Waals surface area (Å²) in [5, 5.41) is 13.2. The number of nitrogens with one attached hydrogen (secondary N) is 1. The maximum absolute atomic E-state index is 13.3. The fraction of sp³-hybridized carbons (Fsp3) is 0.448. The molecule has 7 heteroatoms. The predicted molar refractivity (Wildman–Crippen MR) is 139 cm³/mol. The molecule has 3 aromatic heterocycles. The van der Waals surface area contributed by atoms with Gasteiger partial charge in [-0.25, -0.2) is 0 Å². The van der Waals surface area contributed by atoms with Gasteiger partial charge in [0.1, 0.15) is 11.0 Å². The van der Waals surface area contributed by atoms with Crippen LogP contribution in [0.25, 0.3) is 5.52 Å². The van der Waals surface area contributed by atoms with E-state index < -0.39 is 5.41 Å². The van der Waals surface area contributed by atoms with E-state index in [-0.39, 0.29) is 23.1 Å². The number of pyridine rings is 3. The van der Waals surface area contributed by atoms with E-state index in [0.717, 1.165) is 49.1 Å². The highest BCUT2D eigenvalue weighted by molar-refractivity contribution is 5.94. The second-order valence-electron chi connectivity index (χ2n) is 10.4. The van der Waals surface area contributed by atoms with Crippen LogP contribution in [0.3, 0.4) is 0 Å². The molecule has 7 nitrogen and oxygen atoms in total. The van der Waals surface area contributed by atoms with Gasteiger partial charge in [0, 0.05) is 38.1 Å². The molecule has 2 atom stereocenters. The number of nitriles is 1. The van der Waals surface area contributed by atoms with Gasteiger partial charge in [-0.15, -0.1) is 0 Å². The number of fused-ring (bicyclic) bond motifs is 1. The van der Waals surface area contributed by atoms with Crippen molar-refractivity contribution in [3.05, 3.63) is 82.0 Å². The molecular weight excluding hydrogens is 450 g/mol. The SMILES string of the molecule is C[C@H]1CCCC[C@@H]1NC(=O)c1cc(CN2CCC(C#N)(c3ccccn3)CC2)c2ccccn2c1=O. The van der Waals surface area contributed by atoms with Crippen molar-refractivity contribution in [1.82, 2.24) is 19.6 Å². The molecule has 1 amide bonds. The first-order chi connectivity index (χ1) is 17.5. The number of aromatic nitrogens is 2. The number of hydrogen-bond donors (Lipinski definition) is 1. The Morgan fingerprint density at radius 1 is 1.17 bits per heavy atom. The second kappa shape index (κ2) is 10.2. The molecule has 1 aliphatic heterocycles. The Morgan fingerprint density at radius 2 is 1.94 bits per heavy atom. The van der Waals surface area contributed by atoms with E-state index in [1.165, 1.54) is 6.42 Å². The van der Waals surface area contributed by atoms with Gasteiger partial charge in [-0.1, -0.05) is 31.9 Å². The Labute approximate surface area is 211 Å². The maximum atomic E-state index is 13.3. The normalized spacial score (nSPS) is 22.1. The number of likely N-dealkylation sites (tertiary alicyclic amines) is 1. The van der Waals surface area contributed by atoms with Crippen LogP contribution in [-0.4, -0.2) is 39.3 Å². The van der Waals surface area contributed by atoms with Crippen molar-refractivity contribution in [2.75, 3.05) is 13.1 Å². The average molecular weight is 484 g/mol. The lowest BCUT2D eigenvalue weighted by Gasteiger charge is -2.37. The molecule has 0 spiro atoms. The number of carbonyl (C=O) groups is 1. The minimum Gasteiger partial charge on any atom is -0.349 e. The predicted octanol–water partition coefficient (Wildman–Crippen LogP) is 4.06. The number of piperidine rings is 1. The van der Waals surface area contributed by atoms with Gasteiger partial charge < -0.3 is 5.32 Å². The zero-order chi connectivity index (χ0) is 25.1. The van der Waals surface area contributed by atoms with Crippen molar-refractivity contribution < 1.29 is 4.79 Å². The van der Waals surface area contributed by atoms with Gasteiger partial charge in [-0.3, -0.25) is 23.9 Å². The van der Waals surface area contributed by atoms with Gasteiger partial charge in [-0.05, 0) is 67.5 Å². The van der Waals surface area contributed by atoms with Crippen LogP contribution in [-0.2, 0) is 12.0 Å². The molecule has 1 aliphatic carbocycles. The number of carbonyl (C=O) groups excluding carboxylic acids is 1. The Bertz CT molecular complexity index is 1340. The van der Waals surface area contributed by atoms with Gasteiger partial charge in [0.25, 0.3) is 11.5 Å². The van der Waals surface area contributed by atoms with Crippen LogP contribution in [0.1, 0.15) is 67.1 Å². The van der Waals surface area contributed by atoms with E-state index in [1.54, 1.807) is 22.9 Å². The van der Waals surface area contributed by atoms with Crippen molar-refractivity contribution >= 4 is 11.4 Å². The summed E-state index contributed by atoms with van der Waals surface area (Å²) in [6.07, 6.45) is 9.23. The molecule has 2 fully saturated rings. The molecule has 0 radical (unpaired) electrons. The monoisotopic (exact) mass is 483 g/mol. The second-order valence-corrected chi connectivity index (χ2v) is 10.4. The molecular formula is C29H33N5O2. The van der Waals surface area contributed by atoms with E-state index in [0.29, 0.717) is 25.3 Å². The third-order valence-electron chi connectivity index (χ3n) is 8.10. The molecule has 4 heterocycles. The van der Waals surface area contributed by atoms with Crippen LogP contribution in [0, 0.1) is 17.2 Å². The Hall–Kier alpha value is -3.50. The summed E-state index contributed by atoms with van der Waals surface area (Å²) < 4.78 is 1.59. The molecule has 0 bridgehead atoms. The van der Waals surface area contributed by atoms with E-state index in [1.807, 2.05) is 36.4 Å². The first-order valence-electron chi connectivity index (χ1n) is 13.0. The van der Waals surface area contributed by atoms with Crippen molar-refractivity contribution in [3.8, 4) is 6.07 Å². The van der Waals surface area contributed by atoms with E-state index in [9.17, 15) is 14.9 Å². The third kappa shape index (κ3) is 4.66. The molecule has 186 valence electrons. The highest BCUT2D eigenvalue weighted by atomic mass is 16.2. The summed E-state index contributed by atoms with van der Waals surface area (Å²) in [6, 6.07) is 15.8. The number of amides is 1. The first-order valence-corrected chi connectivity index (χ1v) is 13.0. The molecule has 0 aromatic carbocycles. The Morgan fingerprint density at radius 3 is 2.67 bits per heavy atom. The van der Waals surface area contributed by atoms with Crippen LogP contribution in [0.2, 0.25) is 0 Å². The minimum atomic E-state index is -0.574. The molecule has 3 aromatic rings. The van der Waals surface area contributed by atoms with E-state index in [2.05, 4.69) is 28.2 Å². The highest BCUT2D eigenvalue weighted by Crippen LogP contribution is 2.34. The highest BCUT2D eigenvalue weighted by Gasteiger charge is 2.37. The van der Waals surface area contributed by atoms with Crippen LogP contribution < -0.4 is 10.9 Å². The molecule has 1 saturated carbocycles. The number of hydrogen-bond acceptors (Lipinski definition) is 5. The van der Waals surface area contributed by atoms with Crippen molar-refractivity contribution in [3.63, 3.8) is 0 Å². The quantitative estimate of drug-likeness (QED) is 0.591. The summed E-state index contributed by atoms with van der Waals surface area (Å²) in [4.78, 5) is 33.3.